The molecule has 8 nitrogen and oxygen atoms in total. The molecule has 0 atom stereocenters. The molecule has 0 unspecified atom stereocenters. The molecule has 2 aromatic carbocycles. The quantitative estimate of drug-likeness (QED) is 0.233. The van der Waals surface area contributed by atoms with E-state index in [0.717, 1.165) is 17.2 Å². The number of aryl methyl sites for hydroxylation is 2. The summed E-state index contributed by atoms with van der Waals surface area (Å²) in [6, 6.07) is 17.0. The lowest BCUT2D eigenvalue weighted by atomic mass is 10.1. The molecule has 176 valence electrons. The number of nitriles is 1. The van der Waals surface area contributed by atoms with Crippen LogP contribution < -0.4 is 14.8 Å². The monoisotopic (exact) mass is 478 g/mol. The van der Waals surface area contributed by atoms with Crippen molar-refractivity contribution in [1.82, 2.24) is 10.2 Å². The van der Waals surface area contributed by atoms with Crippen LogP contribution in [0.25, 0.3) is 6.08 Å². The van der Waals surface area contributed by atoms with Gasteiger partial charge in [0, 0.05) is 5.56 Å². The van der Waals surface area contributed by atoms with Crippen molar-refractivity contribution in [2.75, 3.05) is 31.7 Å². The number of hydrogen-bond acceptors (Lipinski definition) is 8. The third-order valence-electron chi connectivity index (χ3n) is 4.58. The highest BCUT2D eigenvalue weighted by atomic mass is 32.1. The molecule has 1 heterocycles. The van der Waals surface area contributed by atoms with Crippen LogP contribution in [-0.2, 0) is 16.0 Å². The Morgan fingerprint density at radius 3 is 2.50 bits per heavy atom. The van der Waals surface area contributed by atoms with Gasteiger partial charge in [0.05, 0.1) is 13.2 Å². The molecule has 9 heteroatoms. The number of nitrogens with one attached hydrogen (secondary N) is 1. The van der Waals surface area contributed by atoms with Crippen molar-refractivity contribution in [3.8, 4) is 17.6 Å². The predicted molar refractivity (Wildman–Crippen MR) is 131 cm³/mol. The maximum Gasteiger partial charge on any atom is 0.268 e. The fourth-order valence-corrected chi connectivity index (χ4v) is 3.49. The van der Waals surface area contributed by atoms with Gasteiger partial charge in [0.2, 0.25) is 5.13 Å². The molecule has 0 fully saturated rings. The van der Waals surface area contributed by atoms with Crippen molar-refractivity contribution in [3.05, 3.63) is 70.2 Å². The summed E-state index contributed by atoms with van der Waals surface area (Å²) in [6.45, 7) is 5.54. The molecule has 0 bridgehead atoms. The minimum atomic E-state index is -0.548. The summed E-state index contributed by atoms with van der Waals surface area (Å²) in [5.41, 5.74) is 1.73. The number of anilines is 1. The molecule has 0 saturated heterocycles. The van der Waals surface area contributed by atoms with Crippen molar-refractivity contribution in [2.45, 2.75) is 20.3 Å². The summed E-state index contributed by atoms with van der Waals surface area (Å²) in [5.74, 6) is 0.806. The summed E-state index contributed by atoms with van der Waals surface area (Å²) in [7, 11) is 0. The molecule has 0 aliphatic carbocycles. The number of nitrogens with zero attached hydrogens (tertiary/aromatic N) is 3. The maximum atomic E-state index is 12.5. The number of carbonyl (C=O) groups excluding carboxylic acids is 1. The highest BCUT2D eigenvalue weighted by molar-refractivity contribution is 7.15. The second-order valence-electron chi connectivity index (χ2n) is 7.14. The van der Waals surface area contributed by atoms with E-state index in [2.05, 4.69) is 15.5 Å². The Bertz CT molecular complexity index is 1150. The molecule has 34 heavy (non-hydrogen) atoms. The third kappa shape index (κ3) is 7.69. The van der Waals surface area contributed by atoms with Crippen LogP contribution in [0.3, 0.4) is 0 Å². The molecule has 0 radical (unpaired) electrons. The number of aromatic nitrogens is 2. The van der Waals surface area contributed by atoms with Crippen molar-refractivity contribution >= 4 is 28.5 Å². The normalized spacial score (nSPS) is 11.0. The number of amides is 1. The van der Waals surface area contributed by atoms with Crippen LogP contribution in [0.2, 0.25) is 0 Å². The van der Waals surface area contributed by atoms with Gasteiger partial charge in [0.25, 0.3) is 5.91 Å². The predicted octanol–water partition coefficient (Wildman–Crippen LogP) is 4.43. The van der Waals surface area contributed by atoms with Gasteiger partial charge < -0.3 is 14.2 Å². The molecule has 1 aromatic heterocycles. The second-order valence-corrected chi connectivity index (χ2v) is 8.20. The first-order chi connectivity index (χ1) is 16.6. The Balaban J connectivity index is 1.48. The van der Waals surface area contributed by atoms with Crippen molar-refractivity contribution in [2.24, 2.45) is 0 Å². The van der Waals surface area contributed by atoms with Gasteiger partial charge in [-0.05, 0) is 37.6 Å². The Hall–Kier alpha value is -3.74. The summed E-state index contributed by atoms with van der Waals surface area (Å²) < 4.78 is 17.0. The fraction of sp³-hybridized carbons (Fsp3) is 0.280. The molecule has 1 N–H and O–H groups in total. The Morgan fingerprint density at radius 2 is 1.79 bits per heavy atom. The Kier molecular flexibility index (Phi) is 9.58. The number of rotatable bonds is 12. The van der Waals surface area contributed by atoms with Crippen LogP contribution in [-0.4, -0.2) is 42.5 Å². The van der Waals surface area contributed by atoms with Crippen LogP contribution in [0.5, 0.6) is 11.5 Å². The molecular formula is C25H26N4O4S. The molecule has 0 aliphatic heterocycles. The first-order valence-electron chi connectivity index (χ1n) is 10.8. The first kappa shape index (κ1) is 24.9. The van der Waals surface area contributed by atoms with Crippen LogP contribution in [0.15, 0.2) is 54.1 Å². The summed E-state index contributed by atoms with van der Waals surface area (Å²) >= 11 is 1.28. The summed E-state index contributed by atoms with van der Waals surface area (Å²) in [6.07, 6.45) is 2.21. The molecule has 0 saturated carbocycles. The molecule has 0 spiro atoms. The molecule has 0 aliphatic rings. The van der Waals surface area contributed by atoms with Gasteiger partial charge in [0.15, 0.2) is 0 Å². The lowest BCUT2D eigenvalue weighted by Crippen LogP contribution is -2.14. The van der Waals surface area contributed by atoms with E-state index >= 15 is 0 Å². The third-order valence-corrected chi connectivity index (χ3v) is 5.56. The zero-order valence-electron chi connectivity index (χ0n) is 19.1. The topological polar surface area (TPSA) is 106 Å². The molecule has 3 rings (SSSR count). The van der Waals surface area contributed by atoms with Gasteiger partial charge in [-0.25, -0.2) is 0 Å². The van der Waals surface area contributed by atoms with E-state index in [1.165, 1.54) is 23.0 Å². The van der Waals surface area contributed by atoms with Gasteiger partial charge in [-0.2, -0.15) is 5.26 Å². The van der Waals surface area contributed by atoms with Crippen LogP contribution in [0, 0.1) is 18.3 Å². The van der Waals surface area contributed by atoms with Crippen LogP contribution in [0.1, 0.15) is 23.1 Å². The average molecular weight is 479 g/mol. The van der Waals surface area contributed by atoms with Gasteiger partial charge >= 0.3 is 0 Å². The van der Waals surface area contributed by atoms with Crippen LogP contribution >= 0.6 is 11.3 Å². The van der Waals surface area contributed by atoms with E-state index in [1.54, 1.807) is 12.1 Å². The van der Waals surface area contributed by atoms with E-state index in [0.29, 0.717) is 42.9 Å². The number of carbonyl (C=O) groups is 1. The number of ether oxygens (including phenoxy) is 3. The smallest absolute Gasteiger partial charge is 0.268 e. The summed E-state index contributed by atoms with van der Waals surface area (Å²) in [5, 5.41) is 21.1. The van der Waals surface area contributed by atoms with Crippen molar-refractivity contribution < 1.29 is 19.0 Å². The first-order valence-corrected chi connectivity index (χ1v) is 11.6. The van der Waals surface area contributed by atoms with E-state index in [9.17, 15) is 10.1 Å². The maximum absolute atomic E-state index is 12.5. The molecular weight excluding hydrogens is 452 g/mol. The van der Waals surface area contributed by atoms with Gasteiger partial charge in [-0.1, -0.05) is 54.2 Å². The summed E-state index contributed by atoms with van der Waals surface area (Å²) in [4.78, 5) is 12.5. The van der Waals surface area contributed by atoms with E-state index < -0.39 is 5.91 Å². The fourth-order valence-electron chi connectivity index (χ4n) is 2.81. The molecule has 1 amide bonds. The van der Waals surface area contributed by atoms with Gasteiger partial charge in [-0.3, -0.25) is 10.1 Å². The zero-order valence-corrected chi connectivity index (χ0v) is 19.9. The zero-order chi connectivity index (χ0) is 24.2. The number of benzene rings is 2. The highest BCUT2D eigenvalue weighted by Crippen LogP contribution is 2.22. The Labute approximate surface area is 202 Å². The minimum Gasteiger partial charge on any atom is -0.491 e. The van der Waals surface area contributed by atoms with Gasteiger partial charge in [0.1, 0.15) is 41.4 Å². The van der Waals surface area contributed by atoms with E-state index in [4.69, 9.17) is 14.2 Å². The number of hydrogen-bond donors (Lipinski definition) is 1. The van der Waals surface area contributed by atoms with Gasteiger partial charge in [-0.15, -0.1) is 10.2 Å². The van der Waals surface area contributed by atoms with E-state index in [1.807, 2.05) is 56.3 Å². The van der Waals surface area contributed by atoms with Crippen molar-refractivity contribution in [3.63, 3.8) is 0 Å². The lowest BCUT2D eigenvalue weighted by molar-refractivity contribution is -0.112. The standard InChI is InChI=1S/C25H26N4O4S/c1-3-23-28-29-25(34-23)27-24(30)20(17-26)16-19-6-4-5-7-22(19)33-15-13-31-12-14-32-21-10-8-18(2)9-11-21/h4-11,16H,3,12-15H2,1-2H3,(H,27,29,30)/b20-16-. The largest absolute Gasteiger partial charge is 0.491 e. The Morgan fingerprint density at radius 1 is 1.06 bits per heavy atom. The highest BCUT2D eigenvalue weighted by Gasteiger charge is 2.13. The van der Waals surface area contributed by atoms with E-state index in [-0.39, 0.29) is 5.57 Å². The van der Waals surface area contributed by atoms with Crippen LogP contribution in [0.4, 0.5) is 5.13 Å². The number of para-hydroxylation sites is 1. The SMILES string of the molecule is CCc1nnc(NC(=O)/C(C#N)=C\c2ccccc2OCCOCCOc2ccc(C)cc2)s1. The second kappa shape index (κ2) is 13.1. The average Bonchev–Trinajstić information content (AvgIpc) is 3.31. The molecule has 3 aromatic rings. The minimum absolute atomic E-state index is 0.0613. The van der Waals surface area contributed by atoms with Crippen molar-refractivity contribution in [1.29, 1.82) is 5.26 Å². The lowest BCUT2D eigenvalue weighted by Gasteiger charge is -2.11.